The molecule has 0 bridgehead atoms. The zero-order valence-electron chi connectivity index (χ0n) is 14.6. The van der Waals surface area contributed by atoms with E-state index in [0.29, 0.717) is 23.0 Å². The second-order valence-electron chi connectivity index (χ2n) is 5.78. The monoisotopic (exact) mass is 419 g/mol. The molecule has 0 unspecified atom stereocenters. The SMILES string of the molecule is Cc1sc(CNC(=O)CCNC(=O)c2cccs2)nc1-c1ccc(Cl)cc1. The third-order valence-electron chi connectivity index (χ3n) is 3.78. The van der Waals surface area contributed by atoms with Crippen molar-refractivity contribution in [2.45, 2.75) is 19.9 Å². The summed E-state index contributed by atoms with van der Waals surface area (Å²) in [4.78, 5) is 30.1. The fraction of sp³-hybridized carbons (Fsp3) is 0.211. The fourth-order valence-electron chi connectivity index (χ4n) is 2.45. The molecule has 0 aliphatic carbocycles. The van der Waals surface area contributed by atoms with Crippen LogP contribution in [0.3, 0.4) is 0 Å². The van der Waals surface area contributed by atoms with Gasteiger partial charge >= 0.3 is 0 Å². The average Bonchev–Trinajstić information content (AvgIpc) is 3.30. The molecule has 1 aromatic carbocycles. The number of aryl methyl sites for hydroxylation is 1. The Balaban J connectivity index is 1.47. The van der Waals surface area contributed by atoms with Crippen molar-refractivity contribution in [2.75, 3.05) is 6.54 Å². The molecule has 0 atom stereocenters. The second kappa shape index (κ2) is 9.12. The van der Waals surface area contributed by atoms with Crippen LogP contribution in [0.4, 0.5) is 0 Å². The van der Waals surface area contributed by atoms with Crippen LogP contribution >= 0.6 is 34.3 Å². The third-order valence-corrected chi connectivity index (χ3v) is 5.87. The molecule has 2 heterocycles. The number of amides is 2. The van der Waals surface area contributed by atoms with Crippen LogP contribution in [0.1, 0.15) is 26.0 Å². The topological polar surface area (TPSA) is 71.1 Å². The van der Waals surface area contributed by atoms with E-state index in [2.05, 4.69) is 15.6 Å². The van der Waals surface area contributed by atoms with E-state index in [9.17, 15) is 9.59 Å². The van der Waals surface area contributed by atoms with Crippen LogP contribution in [-0.4, -0.2) is 23.3 Å². The van der Waals surface area contributed by atoms with Crippen molar-refractivity contribution in [3.05, 3.63) is 61.6 Å². The summed E-state index contributed by atoms with van der Waals surface area (Å²) < 4.78 is 0. The molecular weight excluding hydrogens is 402 g/mol. The van der Waals surface area contributed by atoms with E-state index in [1.165, 1.54) is 11.3 Å². The number of nitrogens with one attached hydrogen (secondary N) is 2. The van der Waals surface area contributed by atoms with Gasteiger partial charge in [0.15, 0.2) is 0 Å². The summed E-state index contributed by atoms with van der Waals surface area (Å²) in [6.45, 7) is 2.68. The summed E-state index contributed by atoms with van der Waals surface area (Å²) in [5.41, 5.74) is 1.91. The highest BCUT2D eigenvalue weighted by atomic mass is 35.5. The number of benzene rings is 1. The first-order valence-electron chi connectivity index (χ1n) is 8.33. The van der Waals surface area contributed by atoms with E-state index >= 15 is 0 Å². The minimum atomic E-state index is -0.152. The van der Waals surface area contributed by atoms with Gasteiger partial charge in [0.1, 0.15) is 5.01 Å². The Labute approximate surface area is 170 Å². The fourth-order valence-corrected chi connectivity index (χ4v) is 4.11. The normalized spacial score (nSPS) is 10.6. The van der Waals surface area contributed by atoms with E-state index in [1.54, 1.807) is 17.4 Å². The van der Waals surface area contributed by atoms with Crippen molar-refractivity contribution in [3.63, 3.8) is 0 Å². The molecule has 0 radical (unpaired) electrons. The smallest absolute Gasteiger partial charge is 0.261 e. The van der Waals surface area contributed by atoms with Gasteiger partial charge in [-0.25, -0.2) is 4.98 Å². The highest BCUT2D eigenvalue weighted by Gasteiger charge is 2.11. The Bertz CT molecular complexity index is 921. The van der Waals surface area contributed by atoms with Crippen molar-refractivity contribution in [3.8, 4) is 11.3 Å². The Morgan fingerprint density at radius 1 is 1.15 bits per heavy atom. The van der Waals surface area contributed by atoms with E-state index in [4.69, 9.17) is 11.6 Å². The molecule has 0 saturated heterocycles. The Hall–Kier alpha value is -2.22. The molecule has 2 aromatic heterocycles. The maximum atomic E-state index is 12.0. The quantitative estimate of drug-likeness (QED) is 0.600. The van der Waals surface area contributed by atoms with Gasteiger partial charge in [0.2, 0.25) is 5.91 Å². The van der Waals surface area contributed by atoms with Gasteiger partial charge < -0.3 is 10.6 Å². The maximum absolute atomic E-state index is 12.0. The largest absolute Gasteiger partial charge is 0.351 e. The Kier molecular flexibility index (Phi) is 6.60. The molecule has 0 aliphatic heterocycles. The third kappa shape index (κ3) is 5.38. The Morgan fingerprint density at radius 3 is 2.63 bits per heavy atom. The highest BCUT2D eigenvalue weighted by Crippen LogP contribution is 2.28. The first-order valence-corrected chi connectivity index (χ1v) is 10.4. The van der Waals surface area contributed by atoms with Gasteiger partial charge in [0.05, 0.1) is 17.1 Å². The molecule has 2 N–H and O–H groups in total. The number of hydrogen-bond acceptors (Lipinski definition) is 5. The summed E-state index contributed by atoms with van der Waals surface area (Å²) in [6.07, 6.45) is 0.228. The first-order chi connectivity index (χ1) is 13.0. The minimum absolute atomic E-state index is 0.123. The predicted octanol–water partition coefficient (Wildman–Crippen LogP) is 4.27. The van der Waals surface area contributed by atoms with Crippen LogP contribution < -0.4 is 10.6 Å². The zero-order valence-corrected chi connectivity index (χ0v) is 17.0. The van der Waals surface area contributed by atoms with Gasteiger partial charge in [-0.05, 0) is 30.5 Å². The van der Waals surface area contributed by atoms with Crippen LogP contribution in [-0.2, 0) is 11.3 Å². The van der Waals surface area contributed by atoms with Crippen molar-refractivity contribution < 1.29 is 9.59 Å². The molecule has 3 aromatic rings. The molecule has 0 aliphatic rings. The number of carbonyl (C=O) groups excluding carboxylic acids is 2. The standard InChI is InChI=1S/C19H18ClN3O2S2/c1-12-18(13-4-6-14(20)7-5-13)23-17(27-12)11-22-16(24)8-9-21-19(25)15-3-2-10-26-15/h2-7,10H,8-9,11H2,1H3,(H,21,25)(H,22,24). The summed E-state index contributed by atoms with van der Waals surface area (Å²) in [7, 11) is 0. The van der Waals surface area contributed by atoms with E-state index in [0.717, 1.165) is 21.1 Å². The van der Waals surface area contributed by atoms with E-state index < -0.39 is 0 Å². The second-order valence-corrected chi connectivity index (χ2v) is 8.45. The van der Waals surface area contributed by atoms with Gasteiger partial charge in [0.25, 0.3) is 5.91 Å². The highest BCUT2D eigenvalue weighted by molar-refractivity contribution is 7.12. The molecule has 5 nitrogen and oxygen atoms in total. The minimum Gasteiger partial charge on any atom is -0.351 e. The van der Waals surface area contributed by atoms with Crippen LogP contribution in [0.15, 0.2) is 41.8 Å². The van der Waals surface area contributed by atoms with Crippen molar-refractivity contribution >= 4 is 46.1 Å². The number of thiophene rings is 1. The van der Waals surface area contributed by atoms with Crippen LogP contribution in [0.2, 0.25) is 5.02 Å². The lowest BCUT2D eigenvalue weighted by Gasteiger charge is -2.04. The number of halogens is 1. The summed E-state index contributed by atoms with van der Waals surface area (Å²) in [6, 6.07) is 11.1. The van der Waals surface area contributed by atoms with Crippen molar-refractivity contribution in [2.24, 2.45) is 0 Å². The average molecular weight is 420 g/mol. The van der Waals surface area contributed by atoms with Gasteiger partial charge in [-0.3, -0.25) is 9.59 Å². The number of rotatable bonds is 7. The van der Waals surface area contributed by atoms with Crippen LogP contribution in [0.5, 0.6) is 0 Å². The van der Waals surface area contributed by atoms with Gasteiger partial charge in [-0.1, -0.05) is 29.8 Å². The number of thiazole rings is 1. The summed E-state index contributed by atoms with van der Waals surface area (Å²) in [5, 5.41) is 8.96. The van der Waals surface area contributed by atoms with Gasteiger partial charge in [-0.15, -0.1) is 22.7 Å². The molecule has 27 heavy (non-hydrogen) atoms. The molecule has 8 heteroatoms. The molecule has 0 saturated carbocycles. The molecule has 2 amide bonds. The van der Waals surface area contributed by atoms with Crippen LogP contribution in [0.25, 0.3) is 11.3 Å². The zero-order chi connectivity index (χ0) is 19.2. The lowest BCUT2D eigenvalue weighted by atomic mass is 10.1. The number of nitrogens with zero attached hydrogens (tertiary/aromatic N) is 1. The lowest BCUT2D eigenvalue weighted by Crippen LogP contribution is -2.30. The van der Waals surface area contributed by atoms with E-state index in [1.807, 2.05) is 42.6 Å². The summed E-state index contributed by atoms with van der Waals surface area (Å²) >= 11 is 8.86. The van der Waals surface area contributed by atoms with Crippen molar-refractivity contribution in [1.29, 1.82) is 0 Å². The first kappa shape index (κ1) is 19.5. The van der Waals surface area contributed by atoms with Crippen LogP contribution in [0, 0.1) is 6.92 Å². The van der Waals surface area contributed by atoms with Crippen molar-refractivity contribution in [1.82, 2.24) is 15.6 Å². The number of carbonyl (C=O) groups is 2. The Morgan fingerprint density at radius 2 is 1.93 bits per heavy atom. The molecule has 3 rings (SSSR count). The number of hydrogen-bond donors (Lipinski definition) is 2. The molecule has 140 valence electrons. The van der Waals surface area contributed by atoms with Gasteiger partial charge in [0, 0.05) is 28.4 Å². The summed E-state index contributed by atoms with van der Waals surface area (Å²) in [5.74, 6) is -0.275. The molecular formula is C19H18ClN3O2S2. The predicted molar refractivity (Wildman–Crippen MR) is 110 cm³/mol. The number of aromatic nitrogens is 1. The van der Waals surface area contributed by atoms with E-state index in [-0.39, 0.29) is 18.2 Å². The molecule has 0 spiro atoms. The lowest BCUT2D eigenvalue weighted by molar-refractivity contribution is -0.121. The maximum Gasteiger partial charge on any atom is 0.261 e. The molecule has 0 fully saturated rings. The van der Waals surface area contributed by atoms with Gasteiger partial charge in [-0.2, -0.15) is 0 Å².